The molecule has 0 saturated carbocycles. The van der Waals surface area contributed by atoms with Gasteiger partial charge in [-0.15, -0.1) is 0 Å². The average Bonchev–Trinajstić information content (AvgIpc) is 2.47. The van der Waals surface area contributed by atoms with Gasteiger partial charge in [-0.05, 0) is 0 Å². The Morgan fingerprint density at radius 1 is 1.25 bits per heavy atom. The van der Waals surface area contributed by atoms with Gasteiger partial charge in [0, 0.05) is 46.4 Å². The van der Waals surface area contributed by atoms with Crippen LogP contribution in [0.1, 0.15) is 6.42 Å². The predicted molar refractivity (Wildman–Crippen MR) is 73.4 cm³/mol. The van der Waals surface area contributed by atoms with E-state index in [1.165, 1.54) is 22.8 Å². The molecule has 0 aromatic heterocycles. The normalized spacial score (nSPS) is 17.4. The summed E-state index contributed by atoms with van der Waals surface area (Å²) < 4.78 is 37.2. The molecule has 1 fully saturated rings. The second kappa shape index (κ2) is 8.53. The Morgan fingerprint density at radius 2 is 1.90 bits per heavy atom. The van der Waals surface area contributed by atoms with E-state index in [4.69, 9.17) is 4.74 Å². The molecule has 0 aromatic rings. The van der Waals surface area contributed by atoms with Crippen LogP contribution in [0.25, 0.3) is 0 Å². The number of esters is 1. The van der Waals surface area contributed by atoms with E-state index in [0.717, 1.165) is 0 Å². The first-order valence-corrected chi connectivity index (χ1v) is 7.93. The first kappa shape index (κ1) is 17.3. The number of nitrogens with one attached hydrogen (secondary N) is 1. The molecule has 0 atom stereocenters. The van der Waals surface area contributed by atoms with E-state index in [1.54, 1.807) is 0 Å². The topological polar surface area (TPSA) is 88.2 Å². The zero-order valence-electron chi connectivity index (χ0n) is 12.0. The highest BCUT2D eigenvalue weighted by molar-refractivity contribution is 7.86. The highest BCUT2D eigenvalue weighted by Gasteiger charge is 2.30. The van der Waals surface area contributed by atoms with Crippen molar-refractivity contribution in [3.8, 4) is 0 Å². The number of rotatable bonds is 8. The molecule has 20 heavy (non-hydrogen) atoms. The van der Waals surface area contributed by atoms with Crippen molar-refractivity contribution in [2.45, 2.75) is 6.42 Å². The van der Waals surface area contributed by atoms with E-state index in [2.05, 4.69) is 10.1 Å². The zero-order valence-corrected chi connectivity index (χ0v) is 12.8. The number of carbonyl (C=O) groups excluding carboxylic acids is 1. The molecule has 8 nitrogen and oxygen atoms in total. The first-order valence-electron chi connectivity index (χ1n) is 6.54. The van der Waals surface area contributed by atoms with Crippen molar-refractivity contribution in [2.24, 2.45) is 0 Å². The molecule has 1 aliphatic rings. The maximum absolute atomic E-state index is 12.5. The molecule has 0 unspecified atom stereocenters. The van der Waals surface area contributed by atoms with Crippen LogP contribution in [0.3, 0.4) is 0 Å². The van der Waals surface area contributed by atoms with Gasteiger partial charge >= 0.3 is 5.97 Å². The Kier molecular flexibility index (Phi) is 7.38. The number of carbonyl (C=O) groups is 1. The summed E-state index contributed by atoms with van der Waals surface area (Å²) in [5.74, 6) is -0.428. The lowest BCUT2D eigenvalue weighted by molar-refractivity contribution is -0.140. The van der Waals surface area contributed by atoms with Gasteiger partial charge in [0.25, 0.3) is 10.2 Å². The summed E-state index contributed by atoms with van der Waals surface area (Å²) in [6.45, 7) is 2.74. The zero-order chi connectivity index (χ0) is 15.0. The van der Waals surface area contributed by atoms with Crippen molar-refractivity contribution in [3.63, 3.8) is 0 Å². The first-order chi connectivity index (χ1) is 9.52. The van der Waals surface area contributed by atoms with E-state index in [0.29, 0.717) is 26.2 Å². The quantitative estimate of drug-likeness (QED) is 0.558. The lowest BCUT2D eigenvalue weighted by atomic mass is 10.4. The highest BCUT2D eigenvalue weighted by atomic mass is 32.2. The number of ether oxygens (including phenoxy) is 2. The summed E-state index contributed by atoms with van der Waals surface area (Å²) in [6.07, 6.45) is 0.0333. The van der Waals surface area contributed by atoms with Gasteiger partial charge in [0.15, 0.2) is 0 Å². The third-order valence-electron chi connectivity index (χ3n) is 3.07. The lowest BCUT2D eigenvalue weighted by Crippen LogP contribution is -2.52. The Labute approximate surface area is 120 Å². The van der Waals surface area contributed by atoms with Crippen LogP contribution in [0.4, 0.5) is 0 Å². The van der Waals surface area contributed by atoms with Crippen molar-refractivity contribution in [1.82, 2.24) is 13.9 Å². The number of nitrogens with zero attached hydrogens (tertiary/aromatic N) is 2. The van der Waals surface area contributed by atoms with Crippen LogP contribution in [-0.4, -0.2) is 83.1 Å². The molecule has 0 radical (unpaired) electrons. The van der Waals surface area contributed by atoms with Gasteiger partial charge in [0.2, 0.25) is 0 Å². The molecule has 1 aliphatic heterocycles. The molecule has 0 aliphatic carbocycles. The molecule has 0 amide bonds. The minimum atomic E-state index is -3.56. The standard InChI is InChI=1S/C11H23N3O5S/c1-18-10-9-13(6-3-11(15)19-2)20(16,17)14-7-4-12-5-8-14/h12H,3-10H2,1-2H3. The summed E-state index contributed by atoms with van der Waals surface area (Å²) in [6, 6.07) is 0. The second-order valence-corrected chi connectivity index (χ2v) is 6.30. The number of hydrogen-bond acceptors (Lipinski definition) is 6. The summed E-state index contributed by atoms with van der Waals surface area (Å²) in [7, 11) is -0.767. The fraction of sp³-hybridized carbons (Fsp3) is 0.909. The van der Waals surface area contributed by atoms with Gasteiger partial charge in [0.1, 0.15) is 0 Å². The van der Waals surface area contributed by atoms with E-state index in [-0.39, 0.29) is 26.1 Å². The Morgan fingerprint density at radius 3 is 2.45 bits per heavy atom. The molecule has 0 spiro atoms. The van der Waals surface area contributed by atoms with Gasteiger partial charge < -0.3 is 14.8 Å². The summed E-state index contributed by atoms with van der Waals surface area (Å²) >= 11 is 0. The van der Waals surface area contributed by atoms with E-state index >= 15 is 0 Å². The van der Waals surface area contributed by atoms with Crippen molar-refractivity contribution in [2.75, 3.05) is 60.1 Å². The SMILES string of the molecule is COCCN(CCC(=O)OC)S(=O)(=O)N1CCNCC1. The minimum Gasteiger partial charge on any atom is -0.469 e. The average molecular weight is 309 g/mol. The van der Waals surface area contributed by atoms with Crippen LogP contribution >= 0.6 is 0 Å². The largest absolute Gasteiger partial charge is 0.469 e. The van der Waals surface area contributed by atoms with Crippen LogP contribution in [0.2, 0.25) is 0 Å². The predicted octanol–water partition coefficient (Wildman–Crippen LogP) is -1.35. The van der Waals surface area contributed by atoms with Gasteiger partial charge in [-0.25, -0.2) is 0 Å². The van der Waals surface area contributed by atoms with Crippen molar-refractivity contribution in [1.29, 1.82) is 0 Å². The molecule has 9 heteroatoms. The van der Waals surface area contributed by atoms with Crippen LogP contribution in [0.5, 0.6) is 0 Å². The maximum atomic E-state index is 12.5. The Bertz CT molecular complexity index is 395. The third kappa shape index (κ3) is 4.98. The molecular weight excluding hydrogens is 286 g/mol. The number of hydrogen-bond donors (Lipinski definition) is 1. The van der Waals surface area contributed by atoms with Gasteiger partial charge in [-0.2, -0.15) is 17.0 Å². The summed E-state index contributed by atoms with van der Waals surface area (Å²) in [5, 5.41) is 3.10. The summed E-state index contributed by atoms with van der Waals surface area (Å²) in [5.41, 5.74) is 0. The molecular formula is C11H23N3O5S. The smallest absolute Gasteiger partial charge is 0.306 e. The van der Waals surface area contributed by atoms with Crippen molar-refractivity contribution in [3.05, 3.63) is 0 Å². The Hall–Kier alpha value is -0.740. The van der Waals surface area contributed by atoms with Crippen molar-refractivity contribution < 1.29 is 22.7 Å². The fourth-order valence-corrected chi connectivity index (χ4v) is 3.49. The lowest BCUT2D eigenvalue weighted by Gasteiger charge is -2.32. The summed E-state index contributed by atoms with van der Waals surface area (Å²) in [4.78, 5) is 11.2. The molecule has 118 valence electrons. The molecule has 1 rings (SSSR count). The monoisotopic (exact) mass is 309 g/mol. The molecule has 0 aromatic carbocycles. The van der Waals surface area contributed by atoms with E-state index in [9.17, 15) is 13.2 Å². The third-order valence-corrected chi connectivity index (χ3v) is 5.10. The highest BCUT2D eigenvalue weighted by Crippen LogP contribution is 2.10. The molecule has 1 heterocycles. The van der Waals surface area contributed by atoms with Crippen LogP contribution in [-0.2, 0) is 24.5 Å². The van der Waals surface area contributed by atoms with Crippen LogP contribution in [0.15, 0.2) is 0 Å². The molecule has 1 N–H and O–H groups in total. The molecule has 1 saturated heterocycles. The van der Waals surface area contributed by atoms with E-state index in [1.807, 2.05) is 0 Å². The van der Waals surface area contributed by atoms with E-state index < -0.39 is 16.2 Å². The number of piperazine rings is 1. The van der Waals surface area contributed by atoms with Crippen LogP contribution < -0.4 is 5.32 Å². The number of methoxy groups -OCH3 is 2. The fourth-order valence-electron chi connectivity index (χ4n) is 1.89. The molecule has 0 bridgehead atoms. The van der Waals surface area contributed by atoms with Crippen molar-refractivity contribution >= 4 is 16.2 Å². The van der Waals surface area contributed by atoms with Gasteiger partial charge in [-0.1, -0.05) is 0 Å². The maximum Gasteiger partial charge on any atom is 0.306 e. The van der Waals surface area contributed by atoms with Gasteiger partial charge in [-0.3, -0.25) is 4.79 Å². The Balaban J connectivity index is 2.70. The van der Waals surface area contributed by atoms with Crippen LogP contribution in [0, 0.1) is 0 Å². The second-order valence-electron chi connectivity index (χ2n) is 4.37. The minimum absolute atomic E-state index is 0.0333. The van der Waals surface area contributed by atoms with Gasteiger partial charge in [0.05, 0.1) is 20.1 Å².